The van der Waals surface area contributed by atoms with Crippen LogP contribution in [0.3, 0.4) is 0 Å². The van der Waals surface area contributed by atoms with Gasteiger partial charge in [0.05, 0.1) is 0 Å². The van der Waals surface area contributed by atoms with E-state index in [0.29, 0.717) is 5.92 Å². The Bertz CT molecular complexity index is 738. The molecular weight excluding hydrogens is 304 g/mol. The fourth-order valence-corrected chi connectivity index (χ4v) is 3.34. The second-order valence-corrected chi connectivity index (χ2v) is 6.84. The van der Waals surface area contributed by atoms with E-state index in [9.17, 15) is 4.79 Å². The number of likely N-dealkylation sites (N-methyl/N-ethyl adjacent to an activating group) is 1. The van der Waals surface area contributed by atoms with Crippen LogP contribution in [0.15, 0.2) is 22.6 Å². The molecule has 2 fully saturated rings. The van der Waals surface area contributed by atoms with Gasteiger partial charge in [-0.05, 0) is 50.9 Å². The van der Waals surface area contributed by atoms with E-state index in [4.69, 9.17) is 4.42 Å². The summed E-state index contributed by atoms with van der Waals surface area (Å²) in [4.78, 5) is 19.1. The Hall–Kier alpha value is -2.08. The number of carbonyl (C=O) groups excluding carboxylic acids is 1. The number of carbonyl (C=O) groups is 1. The van der Waals surface area contributed by atoms with Crippen LogP contribution in [0.25, 0.3) is 11.1 Å². The lowest BCUT2D eigenvalue weighted by Gasteiger charge is -2.32. The summed E-state index contributed by atoms with van der Waals surface area (Å²) < 4.78 is 5.80. The minimum Gasteiger partial charge on any atom is -0.440 e. The van der Waals surface area contributed by atoms with Gasteiger partial charge in [-0.2, -0.15) is 0 Å². The first-order chi connectivity index (χ1) is 11.7. The van der Waals surface area contributed by atoms with Crippen LogP contribution in [0.1, 0.15) is 44.4 Å². The standard InChI is InChI=1S/C18H24N4O2/c1-2-22-9-3-4-14(11-22)20-18(23)19-13-7-8-15-16(10-13)24-17(21-15)12-5-6-12/h7-8,10,12,14H,2-6,9,11H2,1H3,(H2,19,20,23). The van der Waals surface area contributed by atoms with Gasteiger partial charge in [-0.1, -0.05) is 6.92 Å². The molecule has 1 aliphatic heterocycles. The van der Waals surface area contributed by atoms with Gasteiger partial charge in [0.1, 0.15) is 5.52 Å². The van der Waals surface area contributed by atoms with Crippen molar-refractivity contribution in [3.05, 3.63) is 24.1 Å². The van der Waals surface area contributed by atoms with E-state index in [1.807, 2.05) is 18.2 Å². The van der Waals surface area contributed by atoms with Gasteiger partial charge in [-0.25, -0.2) is 9.78 Å². The van der Waals surface area contributed by atoms with Crippen molar-refractivity contribution in [3.8, 4) is 0 Å². The molecule has 2 N–H and O–H groups in total. The van der Waals surface area contributed by atoms with Crippen LogP contribution in [-0.2, 0) is 0 Å². The number of hydrogen-bond donors (Lipinski definition) is 2. The maximum atomic E-state index is 12.2. The van der Waals surface area contributed by atoms with Gasteiger partial charge >= 0.3 is 6.03 Å². The lowest BCUT2D eigenvalue weighted by molar-refractivity contribution is 0.196. The molecule has 2 heterocycles. The molecule has 1 saturated heterocycles. The van der Waals surface area contributed by atoms with Crippen molar-refractivity contribution >= 4 is 22.8 Å². The average Bonchev–Trinajstić information content (AvgIpc) is 3.34. The summed E-state index contributed by atoms with van der Waals surface area (Å²) in [6.45, 7) is 5.24. The summed E-state index contributed by atoms with van der Waals surface area (Å²) in [5.41, 5.74) is 2.33. The molecule has 6 heteroatoms. The third-order valence-electron chi connectivity index (χ3n) is 4.88. The van der Waals surface area contributed by atoms with Crippen molar-refractivity contribution in [2.75, 3.05) is 25.0 Å². The van der Waals surface area contributed by atoms with Crippen molar-refractivity contribution in [1.29, 1.82) is 0 Å². The summed E-state index contributed by atoms with van der Waals surface area (Å²) in [5, 5.41) is 5.99. The highest BCUT2D eigenvalue weighted by Crippen LogP contribution is 2.40. The highest BCUT2D eigenvalue weighted by Gasteiger charge is 2.29. The average molecular weight is 328 g/mol. The van der Waals surface area contributed by atoms with Gasteiger partial charge in [-0.15, -0.1) is 0 Å². The van der Waals surface area contributed by atoms with Crippen molar-refractivity contribution in [3.63, 3.8) is 0 Å². The number of likely N-dealkylation sites (tertiary alicyclic amines) is 1. The second kappa shape index (κ2) is 6.43. The Balaban J connectivity index is 1.38. The Kier molecular flexibility index (Phi) is 4.14. The van der Waals surface area contributed by atoms with E-state index < -0.39 is 0 Å². The molecule has 0 spiro atoms. The molecule has 1 unspecified atom stereocenters. The van der Waals surface area contributed by atoms with Gasteiger partial charge in [-0.3, -0.25) is 0 Å². The largest absolute Gasteiger partial charge is 0.440 e. The Morgan fingerprint density at radius 2 is 2.25 bits per heavy atom. The quantitative estimate of drug-likeness (QED) is 0.903. The zero-order chi connectivity index (χ0) is 16.5. The third kappa shape index (κ3) is 3.38. The molecule has 1 aromatic carbocycles. The predicted octanol–water partition coefficient (Wildman–Crippen LogP) is 3.31. The van der Waals surface area contributed by atoms with Crippen molar-refractivity contribution in [2.24, 2.45) is 0 Å². The molecule has 6 nitrogen and oxygen atoms in total. The minimum atomic E-state index is -0.153. The van der Waals surface area contributed by atoms with E-state index in [1.165, 1.54) is 0 Å². The van der Waals surface area contributed by atoms with E-state index in [0.717, 1.165) is 68.0 Å². The first kappa shape index (κ1) is 15.4. The van der Waals surface area contributed by atoms with Crippen molar-refractivity contribution in [2.45, 2.75) is 44.6 Å². The highest BCUT2D eigenvalue weighted by atomic mass is 16.3. The first-order valence-electron chi connectivity index (χ1n) is 8.91. The number of urea groups is 1. The lowest BCUT2D eigenvalue weighted by Crippen LogP contribution is -2.48. The van der Waals surface area contributed by atoms with Crippen LogP contribution >= 0.6 is 0 Å². The number of oxazole rings is 1. The molecule has 1 aromatic heterocycles. The number of nitrogens with zero attached hydrogens (tertiary/aromatic N) is 2. The first-order valence-corrected chi connectivity index (χ1v) is 8.91. The van der Waals surface area contributed by atoms with E-state index in [2.05, 4.69) is 27.4 Å². The number of fused-ring (bicyclic) bond motifs is 1. The highest BCUT2D eigenvalue weighted by molar-refractivity contribution is 5.91. The number of amides is 2. The Morgan fingerprint density at radius 3 is 3.04 bits per heavy atom. The van der Waals surface area contributed by atoms with E-state index in [-0.39, 0.29) is 12.1 Å². The lowest BCUT2D eigenvalue weighted by atomic mass is 10.1. The fraction of sp³-hybridized carbons (Fsp3) is 0.556. The van der Waals surface area contributed by atoms with Crippen LogP contribution in [0.5, 0.6) is 0 Å². The summed E-state index contributed by atoms with van der Waals surface area (Å²) in [7, 11) is 0. The SMILES string of the molecule is CCN1CCCC(NC(=O)Nc2ccc3nc(C4CC4)oc3c2)C1. The van der Waals surface area contributed by atoms with Gasteiger partial charge in [0.25, 0.3) is 0 Å². The molecule has 2 amide bonds. The minimum absolute atomic E-state index is 0.153. The third-order valence-corrected chi connectivity index (χ3v) is 4.88. The molecule has 0 bridgehead atoms. The molecule has 2 aromatic rings. The van der Waals surface area contributed by atoms with Crippen LogP contribution in [0.4, 0.5) is 10.5 Å². The van der Waals surface area contributed by atoms with Crippen molar-refractivity contribution < 1.29 is 9.21 Å². The Morgan fingerprint density at radius 1 is 1.38 bits per heavy atom. The second-order valence-electron chi connectivity index (χ2n) is 6.84. The number of anilines is 1. The van der Waals surface area contributed by atoms with Crippen LogP contribution < -0.4 is 10.6 Å². The van der Waals surface area contributed by atoms with Crippen LogP contribution in [0, 0.1) is 0 Å². The van der Waals surface area contributed by atoms with Gasteiger partial charge in [0.15, 0.2) is 11.5 Å². The van der Waals surface area contributed by atoms with Gasteiger partial charge in [0.2, 0.25) is 0 Å². The molecule has 1 atom stereocenters. The van der Waals surface area contributed by atoms with Gasteiger partial charge < -0.3 is 20.0 Å². The van der Waals surface area contributed by atoms with Crippen LogP contribution in [0.2, 0.25) is 0 Å². The molecule has 2 aliphatic rings. The Labute approximate surface area is 141 Å². The normalized spacial score (nSPS) is 21.8. The molecule has 1 aliphatic carbocycles. The maximum absolute atomic E-state index is 12.2. The number of piperidine rings is 1. The van der Waals surface area contributed by atoms with Gasteiger partial charge in [0, 0.05) is 30.3 Å². The molecule has 128 valence electrons. The number of rotatable bonds is 4. The molecular formula is C18H24N4O2. The number of nitrogens with one attached hydrogen (secondary N) is 2. The maximum Gasteiger partial charge on any atom is 0.319 e. The topological polar surface area (TPSA) is 70.4 Å². The zero-order valence-corrected chi connectivity index (χ0v) is 14.0. The predicted molar refractivity (Wildman–Crippen MR) is 93.3 cm³/mol. The summed E-state index contributed by atoms with van der Waals surface area (Å²) >= 11 is 0. The fourth-order valence-electron chi connectivity index (χ4n) is 3.34. The molecule has 24 heavy (non-hydrogen) atoms. The summed E-state index contributed by atoms with van der Waals surface area (Å²) in [5.74, 6) is 1.32. The summed E-state index contributed by atoms with van der Waals surface area (Å²) in [6.07, 6.45) is 4.50. The number of aromatic nitrogens is 1. The molecule has 1 saturated carbocycles. The monoisotopic (exact) mass is 328 g/mol. The van der Waals surface area contributed by atoms with Crippen LogP contribution in [-0.4, -0.2) is 41.6 Å². The molecule has 0 radical (unpaired) electrons. The van der Waals surface area contributed by atoms with E-state index in [1.54, 1.807) is 0 Å². The van der Waals surface area contributed by atoms with E-state index >= 15 is 0 Å². The summed E-state index contributed by atoms with van der Waals surface area (Å²) in [6, 6.07) is 5.70. The van der Waals surface area contributed by atoms with Crippen molar-refractivity contribution in [1.82, 2.24) is 15.2 Å². The zero-order valence-electron chi connectivity index (χ0n) is 14.0. The number of hydrogen-bond acceptors (Lipinski definition) is 4. The smallest absolute Gasteiger partial charge is 0.319 e. The molecule has 4 rings (SSSR count). The number of benzene rings is 1.